The average molecular weight is 347 g/mol. The fourth-order valence-corrected chi connectivity index (χ4v) is 3.09. The molecule has 0 fully saturated rings. The molecule has 2 amide bonds. The molecular formula is C17H21N3O3S. The molecule has 0 radical (unpaired) electrons. The Balaban J connectivity index is 1.93. The monoisotopic (exact) mass is 347 g/mol. The summed E-state index contributed by atoms with van der Waals surface area (Å²) < 4.78 is 5.17. The molecule has 3 N–H and O–H groups in total. The SMILES string of the molecule is CN(C)C(CNC(=O)c1ccc(OCC(N)=O)cc1)c1cccs1. The summed E-state index contributed by atoms with van der Waals surface area (Å²) >= 11 is 1.67. The Kier molecular flexibility index (Phi) is 6.34. The van der Waals surface area contributed by atoms with E-state index < -0.39 is 5.91 Å². The van der Waals surface area contributed by atoms with Crippen LogP contribution in [-0.4, -0.2) is 44.0 Å². The van der Waals surface area contributed by atoms with Gasteiger partial charge in [0.15, 0.2) is 6.61 Å². The third-order valence-electron chi connectivity index (χ3n) is 3.45. The predicted molar refractivity (Wildman–Crippen MR) is 94.2 cm³/mol. The molecule has 0 spiro atoms. The van der Waals surface area contributed by atoms with Crippen molar-refractivity contribution in [2.24, 2.45) is 5.73 Å². The summed E-state index contributed by atoms with van der Waals surface area (Å²) in [6.07, 6.45) is 0. The van der Waals surface area contributed by atoms with Crippen LogP contribution >= 0.6 is 11.3 Å². The normalized spacial score (nSPS) is 12.0. The molecule has 1 unspecified atom stereocenters. The summed E-state index contributed by atoms with van der Waals surface area (Å²) in [7, 11) is 3.98. The highest BCUT2D eigenvalue weighted by atomic mass is 32.1. The lowest BCUT2D eigenvalue weighted by atomic mass is 10.2. The fourth-order valence-electron chi connectivity index (χ4n) is 2.17. The van der Waals surface area contributed by atoms with Crippen LogP contribution < -0.4 is 15.8 Å². The largest absolute Gasteiger partial charge is 0.484 e. The Labute approximate surface area is 145 Å². The summed E-state index contributed by atoms with van der Waals surface area (Å²) in [5, 5.41) is 4.98. The van der Waals surface area contributed by atoms with Gasteiger partial charge in [-0.15, -0.1) is 11.3 Å². The van der Waals surface area contributed by atoms with E-state index in [1.807, 2.05) is 25.5 Å². The third kappa shape index (κ3) is 5.07. The number of primary amides is 1. The van der Waals surface area contributed by atoms with E-state index in [1.165, 1.54) is 4.88 Å². The van der Waals surface area contributed by atoms with Crippen LogP contribution in [0.1, 0.15) is 21.3 Å². The van der Waals surface area contributed by atoms with E-state index in [2.05, 4.69) is 16.3 Å². The highest BCUT2D eigenvalue weighted by molar-refractivity contribution is 7.10. The topological polar surface area (TPSA) is 84.7 Å². The molecule has 0 aliphatic heterocycles. The predicted octanol–water partition coefficient (Wildman–Crippen LogP) is 1.64. The van der Waals surface area contributed by atoms with Crippen LogP contribution in [0, 0.1) is 0 Å². The zero-order valence-electron chi connectivity index (χ0n) is 13.7. The number of thiophene rings is 1. The van der Waals surface area contributed by atoms with Crippen LogP contribution in [0.15, 0.2) is 41.8 Å². The van der Waals surface area contributed by atoms with Gasteiger partial charge in [-0.25, -0.2) is 0 Å². The molecule has 6 nitrogen and oxygen atoms in total. The Bertz CT molecular complexity index is 669. The molecule has 7 heteroatoms. The van der Waals surface area contributed by atoms with Crippen molar-refractivity contribution in [1.82, 2.24) is 10.2 Å². The van der Waals surface area contributed by atoms with Crippen molar-refractivity contribution in [1.29, 1.82) is 0 Å². The van der Waals surface area contributed by atoms with Crippen LogP contribution in [0.5, 0.6) is 5.75 Å². The van der Waals surface area contributed by atoms with Crippen LogP contribution in [0.3, 0.4) is 0 Å². The summed E-state index contributed by atoms with van der Waals surface area (Å²) in [4.78, 5) is 26.2. The average Bonchev–Trinajstić information content (AvgIpc) is 3.07. The molecule has 1 aromatic carbocycles. The molecule has 1 atom stereocenters. The molecule has 0 aliphatic carbocycles. The molecular weight excluding hydrogens is 326 g/mol. The number of ether oxygens (including phenoxy) is 1. The van der Waals surface area contributed by atoms with Crippen molar-refractivity contribution in [2.75, 3.05) is 27.2 Å². The van der Waals surface area contributed by atoms with Crippen LogP contribution in [0.2, 0.25) is 0 Å². The highest BCUT2D eigenvalue weighted by Gasteiger charge is 2.16. The van der Waals surface area contributed by atoms with Gasteiger partial charge in [-0.3, -0.25) is 9.59 Å². The van der Waals surface area contributed by atoms with Crippen molar-refractivity contribution < 1.29 is 14.3 Å². The third-order valence-corrected chi connectivity index (χ3v) is 4.42. The number of carbonyl (C=O) groups excluding carboxylic acids is 2. The van der Waals surface area contributed by atoms with Gasteiger partial charge in [0, 0.05) is 17.0 Å². The second kappa shape index (κ2) is 8.47. The minimum absolute atomic E-state index is 0.132. The Morgan fingerprint density at radius 2 is 1.96 bits per heavy atom. The molecule has 24 heavy (non-hydrogen) atoms. The minimum atomic E-state index is -0.542. The van der Waals surface area contributed by atoms with Crippen LogP contribution in [-0.2, 0) is 4.79 Å². The van der Waals surface area contributed by atoms with Crippen molar-refractivity contribution in [3.8, 4) is 5.75 Å². The van der Waals surface area contributed by atoms with Gasteiger partial charge in [-0.05, 0) is 49.8 Å². The standard InChI is InChI=1S/C17H21N3O3S/c1-20(2)14(15-4-3-9-24-15)10-19-17(22)12-5-7-13(8-6-12)23-11-16(18)21/h3-9,14H,10-11H2,1-2H3,(H2,18,21)(H,19,22). The summed E-state index contributed by atoms with van der Waals surface area (Å²) in [6.45, 7) is 0.336. The van der Waals surface area contributed by atoms with Gasteiger partial charge in [-0.1, -0.05) is 6.07 Å². The van der Waals surface area contributed by atoms with E-state index in [1.54, 1.807) is 35.6 Å². The highest BCUT2D eigenvalue weighted by Crippen LogP contribution is 2.22. The molecule has 0 saturated heterocycles. The van der Waals surface area contributed by atoms with Gasteiger partial charge in [0.1, 0.15) is 5.75 Å². The second-order valence-electron chi connectivity index (χ2n) is 5.48. The Morgan fingerprint density at radius 1 is 1.25 bits per heavy atom. The van der Waals surface area contributed by atoms with Gasteiger partial charge >= 0.3 is 0 Å². The number of amides is 2. The van der Waals surface area contributed by atoms with Gasteiger partial charge in [0.2, 0.25) is 0 Å². The van der Waals surface area contributed by atoms with Crippen molar-refractivity contribution in [3.63, 3.8) is 0 Å². The first-order valence-electron chi connectivity index (χ1n) is 7.46. The Morgan fingerprint density at radius 3 is 2.50 bits per heavy atom. The molecule has 0 aliphatic rings. The first-order chi connectivity index (χ1) is 11.5. The number of benzene rings is 1. The van der Waals surface area contributed by atoms with Gasteiger partial charge in [0.05, 0.1) is 6.04 Å². The summed E-state index contributed by atoms with van der Waals surface area (Å²) in [5.74, 6) is -0.199. The summed E-state index contributed by atoms with van der Waals surface area (Å²) in [6, 6.07) is 10.8. The van der Waals surface area contributed by atoms with E-state index in [0.29, 0.717) is 17.9 Å². The van der Waals surface area contributed by atoms with E-state index >= 15 is 0 Å². The van der Waals surface area contributed by atoms with Gasteiger partial charge < -0.3 is 20.7 Å². The molecule has 1 heterocycles. The van der Waals surface area contributed by atoms with E-state index in [-0.39, 0.29) is 18.6 Å². The number of hydrogen-bond acceptors (Lipinski definition) is 5. The lowest BCUT2D eigenvalue weighted by Gasteiger charge is -2.23. The Hall–Kier alpha value is -2.38. The minimum Gasteiger partial charge on any atom is -0.484 e. The molecule has 0 saturated carbocycles. The van der Waals surface area contributed by atoms with Gasteiger partial charge in [0.25, 0.3) is 11.8 Å². The molecule has 0 bridgehead atoms. The second-order valence-corrected chi connectivity index (χ2v) is 6.46. The lowest BCUT2D eigenvalue weighted by molar-refractivity contribution is -0.119. The smallest absolute Gasteiger partial charge is 0.255 e. The van der Waals surface area contributed by atoms with E-state index in [9.17, 15) is 9.59 Å². The zero-order chi connectivity index (χ0) is 17.5. The van der Waals surface area contributed by atoms with Gasteiger partial charge in [-0.2, -0.15) is 0 Å². The van der Waals surface area contributed by atoms with Crippen LogP contribution in [0.4, 0.5) is 0 Å². The molecule has 2 aromatic rings. The first-order valence-corrected chi connectivity index (χ1v) is 8.34. The van der Waals surface area contributed by atoms with Crippen LogP contribution in [0.25, 0.3) is 0 Å². The lowest BCUT2D eigenvalue weighted by Crippen LogP contribution is -2.34. The molecule has 128 valence electrons. The summed E-state index contributed by atoms with van der Waals surface area (Å²) in [5.41, 5.74) is 5.55. The van der Waals surface area contributed by atoms with E-state index in [4.69, 9.17) is 10.5 Å². The number of nitrogens with zero attached hydrogens (tertiary/aromatic N) is 1. The first kappa shape index (κ1) is 18.0. The maximum absolute atomic E-state index is 12.3. The quantitative estimate of drug-likeness (QED) is 0.760. The number of carbonyl (C=O) groups is 2. The number of rotatable bonds is 8. The number of hydrogen-bond donors (Lipinski definition) is 2. The number of likely N-dealkylation sites (N-methyl/N-ethyl adjacent to an activating group) is 1. The zero-order valence-corrected chi connectivity index (χ0v) is 14.5. The van der Waals surface area contributed by atoms with Crippen molar-refractivity contribution in [2.45, 2.75) is 6.04 Å². The molecule has 2 rings (SSSR count). The fraction of sp³-hybridized carbons (Fsp3) is 0.294. The maximum Gasteiger partial charge on any atom is 0.255 e. The number of nitrogens with one attached hydrogen (secondary N) is 1. The van der Waals surface area contributed by atoms with E-state index in [0.717, 1.165) is 0 Å². The van der Waals surface area contributed by atoms with Crippen molar-refractivity contribution in [3.05, 3.63) is 52.2 Å². The van der Waals surface area contributed by atoms with Crippen molar-refractivity contribution >= 4 is 23.2 Å². The molecule has 1 aromatic heterocycles. The number of nitrogens with two attached hydrogens (primary N) is 1. The maximum atomic E-state index is 12.3.